The molecule has 0 amide bonds. The highest BCUT2D eigenvalue weighted by Crippen LogP contribution is 2.28. The zero-order valence-corrected chi connectivity index (χ0v) is 16.3. The van der Waals surface area contributed by atoms with Crippen LogP contribution in [-0.4, -0.2) is 36.3 Å². The molecule has 0 unspecified atom stereocenters. The van der Waals surface area contributed by atoms with Crippen LogP contribution in [0.1, 0.15) is 65.7 Å². The molecule has 0 bridgehead atoms. The van der Waals surface area contributed by atoms with E-state index in [1.165, 1.54) is 19.3 Å². The summed E-state index contributed by atoms with van der Waals surface area (Å²) in [4.78, 5) is 4.59. The van der Waals surface area contributed by atoms with Gasteiger partial charge >= 0.3 is 0 Å². The van der Waals surface area contributed by atoms with Gasteiger partial charge in [0.05, 0.1) is 12.1 Å². The average molecular weight is 411 g/mol. The summed E-state index contributed by atoms with van der Waals surface area (Å²) in [5.74, 6) is 1.54. The van der Waals surface area contributed by atoms with Crippen LogP contribution in [0.15, 0.2) is 4.99 Å². The maximum absolute atomic E-state index is 10.5. The summed E-state index contributed by atoms with van der Waals surface area (Å²) in [5.41, 5.74) is -0.574. The molecule has 0 saturated heterocycles. The summed E-state index contributed by atoms with van der Waals surface area (Å²) in [7, 11) is 0. The molecule has 0 atom stereocenters. The molecule has 1 saturated carbocycles. The van der Waals surface area contributed by atoms with Gasteiger partial charge in [0.25, 0.3) is 0 Å². The summed E-state index contributed by atoms with van der Waals surface area (Å²) in [6, 6.07) is 0. The molecule has 21 heavy (non-hydrogen) atoms. The lowest BCUT2D eigenvalue weighted by molar-refractivity contribution is 0.0131. The number of aliphatic imine (C=N–C) groups is 1. The maximum atomic E-state index is 10.5. The highest BCUT2D eigenvalue weighted by atomic mass is 127. The van der Waals surface area contributed by atoms with Gasteiger partial charge in [0.15, 0.2) is 5.96 Å². The summed E-state index contributed by atoms with van der Waals surface area (Å²) in [6.45, 7) is 8.86. The van der Waals surface area contributed by atoms with Crippen molar-refractivity contribution in [3.63, 3.8) is 0 Å². The first kappa shape index (κ1) is 21.0. The zero-order chi connectivity index (χ0) is 14.8. The molecule has 0 aromatic rings. The van der Waals surface area contributed by atoms with E-state index in [4.69, 9.17) is 0 Å². The molecule has 0 aromatic heterocycles. The third-order valence-electron chi connectivity index (χ3n) is 4.37. The van der Waals surface area contributed by atoms with Crippen molar-refractivity contribution in [2.24, 2.45) is 10.9 Å². The van der Waals surface area contributed by atoms with E-state index in [0.29, 0.717) is 12.5 Å². The second kappa shape index (κ2) is 11.5. The van der Waals surface area contributed by atoms with Crippen LogP contribution >= 0.6 is 24.0 Å². The van der Waals surface area contributed by atoms with Gasteiger partial charge in [0.1, 0.15) is 0 Å². The van der Waals surface area contributed by atoms with Gasteiger partial charge in [-0.15, -0.1) is 24.0 Å². The van der Waals surface area contributed by atoms with E-state index in [1.54, 1.807) is 0 Å². The molecule has 1 rings (SSSR count). The fourth-order valence-corrected chi connectivity index (χ4v) is 2.75. The standard InChI is InChI=1S/C16H33N3O.HI/c1-4-14(5-2)12-18-15(17-6-3)19-13-16(20)10-8-7-9-11-16;/h14,20H,4-13H2,1-3H3,(H2,17,18,19);1H. The van der Waals surface area contributed by atoms with Gasteiger partial charge in [-0.1, -0.05) is 46.0 Å². The van der Waals surface area contributed by atoms with Crippen LogP contribution in [-0.2, 0) is 0 Å². The molecule has 4 nitrogen and oxygen atoms in total. The fourth-order valence-electron chi connectivity index (χ4n) is 2.75. The van der Waals surface area contributed by atoms with Crippen molar-refractivity contribution in [3.05, 3.63) is 0 Å². The van der Waals surface area contributed by atoms with Gasteiger partial charge in [-0.25, -0.2) is 0 Å². The first-order valence-corrected chi connectivity index (χ1v) is 8.38. The van der Waals surface area contributed by atoms with Crippen molar-refractivity contribution < 1.29 is 5.11 Å². The van der Waals surface area contributed by atoms with Gasteiger partial charge in [-0.05, 0) is 25.7 Å². The molecule has 1 aliphatic carbocycles. The van der Waals surface area contributed by atoms with Gasteiger partial charge in [-0.3, -0.25) is 4.99 Å². The Bertz CT molecular complexity index is 287. The van der Waals surface area contributed by atoms with Crippen molar-refractivity contribution in [2.45, 2.75) is 71.3 Å². The minimum Gasteiger partial charge on any atom is -0.388 e. The Hall–Kier alpha value is -0.0400. The Balaban J connectivity index is 0.00000400. The molecular weight excluding hydrogens is 377 g/mol. The lowest BCUT2D eigenvalue weighted by atomic mass is 9.85. The normalized spacial score (nSPS) is 18.2. The van der Waals surface area contributed by atoms with E-state index >= 15 is 0 Å². The third kappa shape index (κ3) is 8.24. The Morgan fingerprint density at radius 1 is 1.10 bits per heavy atom. The van der Waals surface area contributed by atoms with E-state index < -0.39 is 5.60 Å². The SMILES string of the molecule is CCNC(=NCC1(O)CCCCC1)NCC(CC)CC.I. The van der Waals surface area contributed by atoms with Crippen LogP contribution in [0.3, 0.4) is 0 Å². The number of nitrogens with one attached hydrogen (secondary N) is 2. The number of guanidine groups is 1. The van der Waals surface area contributed by atoms with Crippen molar-refractivity contribution in [3.8, 4) is 0 Å². The average Bonchev–Trinajstić information content (AvgIpc) is 2.46. The van der Waals surface area contributed by atoms with Gasteiger partial charge in [-0.2, -0.15) is 0 Å². The number of halogens is 1. The molecule has 0 spiro atoms. The van der Waals surface area contributed by atoms with Crippen LogP contribution in [0.4, 0.5) is 0 Å². The van der Waals surface area contributed by atoms with E-state index in [2.05, 4.69) is 36.4 Å². The minimum atomic E-state index is -0.574. The van der Waals surface area contributed by atoms with Crippen molar-refractivity contribution in [1.82, 2.24) is 10.6 Å². The Morgan fingerprint density at radius 2 is 1.71 bits per heavy atom. The molecule has 126 valence electrons. The number of aliphatic hydroxyl groups is 1. The van der Waals surface area contributed by atoms with Crippen LogP contribution < -0.4 is 10.6 Å². The highest BCUT2D eigenvalue weighted by Gasteiger charge is 2.28. The molecule has 0 aromatic carbocycles. The topological polar surface area (TPSA) is 56.7 Å². The minimum absolute atomic E-state index is 0. The van der Waals surface area contributed by atoms with Crippen LogP contribution in [0.5, 0.6) is 0 Å². The van der Waals surface area contributed by atoms with Gasteiger partial charge in [0.2, 0.25) is 0 Å². The highest BCUT2D eigenvalue weighted by molar-refractivity contribution is 14.0. The number of nitrogens with zero attached hydrogens (tertiary/aromatic N) is 1. The summed E-state index contributed by atoms with van der Waals surface area (Å²) >= 11 is 0. The number of rotatable bonds is 7. The molecule has 0 aliphatic heterocycles. The molecule has 5 heteroatoms. The quantitative estimate of drug-likeness (QED) is 0.342. The summed E-state index contributed by atoms with van der Waals surface area (Å²) in [6.07, 6.45) is 7.66. The summed E-state index contributed by atoms with van der Waals surface area (Å²) < 4.78 is 0. The van der Waals surface area contributed by atoms with Crippen LogP contribution in [0.25, 0.3) is 0 Å². The van der Waals surface area contributed by atoms with Crippen LogP contribution in [0.2, 0.25) is 0 Å². The van der Waals surface area contributed by atoms with Crippen molar-refractivity contribution in [1.29, 1.82) is 0 Å². The Labute approximate surface area is 147 Å². The largest absolute Gasteiger partial charge is 0.388 e. The molecule has 0 radical (unpaired) electrons. The first-order valence-electron chi connectivity index (χ1n) is 8.38. The molecule has 1 fully saturated rings. The van der Waals surface area contributed by atoms with Gasteiger partial charge in [0, 0.05) is 13.1 Å². The fraction of sp³-hybridized carbons (Fsp3) is 0.938. The predicted octanol–water partition coefficient (Wildman–Crippen LogP) is 3.29. The second-order valence-corrected chi connectivity index (χ2v) is 6.04. The second-order valence-electron chi connectivity index (χ2n) is 6.04. The maximum Gasteiger partial charge on any atom is 0.191 e. The van der Waals surface area contributed by atoms with E-state index in [9.17, 15) is 5.11 Å². The summed E-state index contributed by atoms with van der Waals surface area (Å²) in [5, 5.41) is 17.2. The molecule has 3 N–H and O–H groups in total. The number of hydrogen-bond acceptors (Lipinski definition) is 2. The lowest BCUT2D eigenvalue weighted by Crippen LogP contribution is -2.42. The van der Waals surface area contributed by atoms with Crippen molar-refractivity contribution >= 4 is 29.9 Å². The first-order chi connectivity index (χ1) is 9.63. The lowest BCUT2D eigenvalue weighted by Gasteiger charge is -2.30. The molecule has 1 aliphatic rings. The predicted molar refractivity (Wildman–Crippen MR) is 102 cm³/mol. The van der Waals surface area contributed by atoms with E-state index in [-0.39, 0.29) is 24.0 Å². The van der Waals surface area contributed by atoms with Crippen molar-refractivity contribution in [2.75, 3.05) is 19.6 Å². The van der Waals surface area contributed by atoms with E-state index in [1.807, 2.05) is 0 Å². The van der Waals surface area contributed by atoms with Gasteiger partial charge < -0.3 is 15.7 Å². The van der Waals surface area contributed by atoms with Crippen LogP contribution in [0, 0.1) is 5.92 Å². The zero-order valence-electron chi connectivity index (χ0n) is 14.0. The molecular formula is C16H34IN3O. The smallest absolute Gasteiger partial charge is 0.191 e. The van der Waals surface area contributed by atoms with E-state index in [0.717, 1.165) is 44.7 Å². The Morgan fingerprint density at radius 3 is 2.24 bits per heavy atom. The third-order valence-corrected chi connectivity index (χ3v) is 4.37. The Kier molecular flexibility index (Phi) is 11.5. The monoisotopic (exact) mass is 411 g/mol. The molecule has 0 heterocycles. The number of hydrogen-bond donors (Lipinski definition) is 3.